The fourth-order valence-electron chi connectivity index (χ4n) is 8.26. The zero-order valence-electron chi connectivity index (χ0n) is 29.8. The minimum Gasteiger partial charge on any atom is -0.456 e. The average Bonchev–Trinajstić information content (AvgIpc) is 3.83. The molecule has 0 saturated carbocycles. The van der Waals surface area contributed by atoms with Crippen LogP contribution in [0.25, 0.3) is 88.0 Å². The molecule has 11 rings (SSSR count). The van der Waals surface area contributed by atoms with Crippen LogP contribution in [0, 0.1) is 0 Å². The highest BCUT2D eigenvalue weighted by Crippen LogP contribution is 2.47. The number of anilines is 3. The van der Waals surface area contributed by atoms with Crippen LogP contribution in [-0.4, -0.2) is 0 Å². The summed E-state index contributed by atoms with van der Waals surface area (Å²) >= 11 is 0. The summed E-state index contributed by atoms with van der Waals surface area (Å²) < 4.78 is 13.0. The number of rotatable bonds is 6. The van der Waals surface area contributed by atoms with Crippen LogP contribution >= 0.6 is 0 Å². The van der Waals surface area contributed by atoms with Gasteiger partial charge < -0.3 is 13.7 Å². The third kappa shape index (κ3) is 5.20. The van der Waals surface area contributed by atoms with Gasteiger partial charge in [-0.3, -0.25) is 0 Å². The monoisotopic (exact) mass is 703 g/mol. The van der Waals surface area contributed by atoms with Crippen molar-refractivity contribution >= 4 is 71.7 Å². The Kier molecular flexibility index (Phi) is 7.17. The molecule has 258 valence electrons. The van der Waals surface area contributed by atoms with Crippen LogP contribution in [0.4, 0.5) is 17.1 Å². The molecule has 3 nitrogen and oxygen atoms in total. The van der Waals surface area contributed by atoms with E-state index in [0.29, 0.717) is 0 Å². The van der Waals surface area contributed by atoms with Gasteiger partial charge in [-0.15, -0.1) is 0 Å². The van der Waals surface area contributed by atoms with Crippen LogP contribution in [0.1, 0.15) is 0 Å². The first-order valence-corrected chi connectivity index (χ1v) is 18.7. The lowest BCUT2D eigenvalue weighted by Crippen LogP contribution is -2.11. The number of nitrogens with zero attached hydrogens (tertiary/aromatic N) is 1. The van der Waals surface area contributed by atoms with E-state index in [1.54, 1.807) is 0 Å². The topological polar surface area (TPSA) is 29.5 Å². The number of hydrogen-bond donors (Lipinski definition) is 0. The molecule has 0 radical (unpaired) electrons. The van der Waals surface area contributed by atoms with Crippen LogP contribution in [0.3, 0.4) is 0 Å². The van der Waals surface area contributed by atoms with Crippen LogP contribution in [0.5, 0.6) is 0 Å². The van der Waals surface area contributed by atoms with Gasteiger partial charge in [-0.2, -0.15) is 0 Å². The lowest BCUT2D eigenvalue weighted by atomic mass is 9.96. The molecule has 0 amide bonds. The summed E-state index contributed by atoms with van der Waals surface area (Å²) in [6.45, 7) is 0. The normalized spacial score (nSPS) is 11.6. The minimum atomic E-state index is 0.850. The summed E-state index contributed by atoms with van der Waals surface area (Å²) in [5, 5.41) is 6.86. The smallest absolute Gasteiger partial charge is 0.143 e. The molecule has 0 N–H and O–H groups in total. The Morgan fingerprint density at radius 1 is 0.327 bits per heavy atom. The van der Waals surface area contributed by atoms with Crippen molar-refractivity contribution in [2.75, 3.05) is 4.90 Å². The molecule has 9 aromatic carbocycles. The molecule has 0 fully saturated rings. The summed E-state index contributed by atoms with van der Waals surface area (Å²) in [6, 6.07) is 71.0. The van der Waals surface area contributed by atoms with Crippen molar-refractivity contribution in [1.29, 1.82) is 0 Å². The first-order valence-electron chi connectivity index (χ1n) is 18.7. The highest BCUT2D eigenvalue weighted by molar-refractivity contribution is 6.15. The molecule has 0 aliphatic carbocycles. The molecule has 2 aromatic heterocycles. The van der Waals surface area contributed by atoms with E-state index >= 15 is 0 Å². The van der Waals surface area contributed by atoms with Gasteiger partial charge in [0.2, 0.25) is 0 Å². The van der Waals surface area contributed by atoms with Crippen LogP contribution in [0.2, 0.25) is 0 Å². The molecule has 0 unspecified atom stereocenters. The zero-order valence-corrected chi connectivity index (χ0v) is 29.8. The van der Waals surface area contributed by atoms with E-state index in [-0.39, 0.29) is 0 Å². The third-order valence-corrected chi connectivity index (χ3v) is 10.9. The summed E-state index contributed by atoms with van der Waals surface area (Å²) in [5.41, 5.74) is 13.4. The largest absolute Gasteiger partial charge is 0.456 e. The van der Waals surface area contributed by atoms with Crippen molar-refractivity contribution in [3.8, 4) is 33.4 Å². The van der Waals surface area contributed by atoms with Gasteiger partial charge in [-0.25, -0.2) is 0 Å². The van der Waals surface area contributed by atoms with Crippen molar-refractivity contribution in [3.63, 3.8) is 0 Å². The molecule has 0 aliphatic heterocycles. The molecule has 0 atom stereocenters. The van der Waals surface area contributed by atoms with Crippen molar-refractivity contribution in [3.05, 3.63) is 200 Å². The number of para-hydroxylation sites is 4. The summed E-state index contributed by atoms with van der Waals surface area (Å²) in [5.74, 6) is 0. The Balaban J connectivity index is 1.08. The van der Waals surface area contributed by atoms with Gasteiger partial charge in [-0.05, 0) is 87.6 Å². The molecule has 3 heteroatoms. The van der Waals surface area contributed by atoms with E-state index in [2.05, 4.69) is 181 Å². The van der Waals surface area contributed by atoms with E-state index in [1.807, 2.05) is 24.3 Å². The second-order valence-corrected chi connectivity index (χ2v) is 14.1. The van der Waals surface area contributed by atoms with E-state index in [0.717, 1.165) is 77.6 Å². The maximum atomic E-state index is 6.59. The Labute approximate surface area is 317 Å². The Hall–Kier alpha value is -7.36. The predicted octanol–water partition coefficient (Wildman–Crippen LogP) is 15.1. The van der Waals surface area contributed by atoms with Gasteiger partial charge in [0.15, 0.2) is 0 Å². The predicted molar refractivity (Wildman–Crippen MR) is 229 cm³/mol. The van der Waals surface area contributed by atoms with Gasteiger partial charge in [0.25, 0.3) is 0 Å². The van der Waals surface area contributed by atoms with E-state index in [9.17, 15) is 0 Å². The quantitative estimate of drug-likeness (QED) is 0.173. The van der Waals surface area contributed by atoms with Crippen LogP contribution in [-0.2, 0) is 0 Å². The summed E-state index contributed by atoms with van der Waals surface area (Å²) in [4.78, 5) is 2.37. The van der Waals surface area contributed by atoms with E-state index in [1.165, 1.54) is 27.5 Å². The number of benzene rings is 9. The number of fused-ring (bicyclic) bond motifs is 7. The summed E-state index contributed by atoms with van der Waals surface area (Å²) in [7, 11) is 0. The second-order valence-electron chi connectivity index (χ2n) is 14.1. The first-order chi connectivity index (χ1) is 27.3. The lowest BCUT2D eigenvalue weighted by Gasteiger charge is -2.28. The Bertz CT molecular complexity index is 3220. The molecule has 0 bridgehead atoms. The SMILES string of the molecule is c1cc(-c2ccc(N(c3ccccc3-c3cccc4c3oc3ccccc34)c3cccc4oc5ccccc5c34)cc2)cc(-c2ccc3ccccc3c2)c1. The second kappa shape index (κ2) is 12.6. The molecule has 11 aromatic rings. The lowest BCUT2D eigenvalue weighted by molar-refractivity contribution is 0.669. The van der Waals surface area contributed by atoms with Crippen molar-refractivity contribution in [1.82, 2.24) is 0 Å². The van der Waals surface area contributed by atoms with Crippen molar-refractivity contribution in [2.45, 2.75) is 0 Å². The first kappa shape index (κ1) is 31.2. The van der Waals surface area contributed by atoms with Gasteiger partial charge in [0, 0.05) is 33.0 Å². The van der Waals surface area contributed by atoms with E-state index in [4.69, 9.17) is 8.83 Å². The summed E-state index contributed by atoms with van der Waals surface area (Å²) in [6.07, 6.45) is 0. The molecular weight excluding hydrogens is 671 g/mol. The van der Waals surface area contributed by atoms with Gasteiger partial charge in [-0.1, -0.05) is 146 Å². The highest BCUT2D eigenvalue weighted by atomic mass is 16.3. The molecule has 0 aliphatic rings. The fraction of sp³-hybridized carbons (Fsp3) is 0. The molecule has 0 spiro atoms. The molecule has 0 saturated heterocycles. The number of furan rings is 2. The van der Waals surface area contributed by atoms with Gasteiger partial charge >= 0.3 is 0 Å². The standard InChI is InChI=1S/C52H33NO2/c1-2-13-36-33-39(27-26-34(36)12-1)38-15-9-14-37(32-38)35-28-30-40(31-29-35)53(47-22-11-25-50-51(47)45-18-5-8-24-49(45)54-50)46-21-6-3-16-41(46)43-19-10-20-44-42-17-4-7-23-48(42)55-52(43)44/h1-33H. The Morgan fingerprint density at radius 2 is 0.909 bits per heavy atom. The zero-order chi connectivity index (χ0) is 36.3. The highest BCUT2D eigenvalue weighted by Gasteiger charge is 2.23. The number of hydrogen-bond acceptors (Lipinski definition) is 3. The Morgan fingerprint density at radius 3 is 1.78 bits per heavy atom. The fourth-order valence-corrected chi connectivity index (χ4v) is 8.26. The maximum Gasteiger partial charge on any atom is 0.143 e. The van der Waals surface area contributed by atoms with Crippen LogP contribution < -0.4 is 4.90 Å². The molecule has 2 heterocycles. The average molecular weight is 704 g/mol. The molecular formula is C52H33NO2. The van der Waals surface area contributed by atoms with Crippen LogP contribution in [0.15, 0.2) is 209 Å². The van der Waals surface area contributed by atoms with Crippen molar-refractivity contribution < 1.29 is 8.83 Å². The van der Waals surface area contributed by atoms with Gasteiger partial charge in [0.05, 0.1) is 16.8 Å². The third-order valence-electron chi connectivity index (χ3n) is 10.9. The molecule has 55 heavy (non-hydrogen) atoms. The maximum absolute atomic E-state index is 6.59. The minimum absolute atomic E-state index is 0.850. The van der Waals surface area contributed by atoms with E-state index < -0.39 is 0 Å². The van der Waals surface area contributed by atoms with Crippen molar-refractivity contribution in [2.24, 2.45) is 0 Å². The van der Waals surface area contributed by atoms with Gasteiger partial charge in [0.1, 0.15) is 22.3 Å².